The van der Waals surface area contributed by atoms with E-state index in [-0.39, 0.29) is 0 Å². The van der Waals surface area contributed by atoms with E-state index in [1.807, 2.05) is 0 Å². The first-order valence-corrected chi connectivity index (χ1v) is 5.45. The Morgan fingerprint density at radius 3 is 2.00 bits per heavy atom. The highest BCUT2D eigenvalue weighted by atomic mass is 14.3. The molecule has 0 aliphatic heterocycles. The Morgan fingerprint density at radius 2 is 1.85 bits per heavy atom. The lowest BCUT2D eigenvalue weighted by atomic mass is 10.1. The van der Waals surface area contributed by atoms with Gasteiger partial charge in [0, 0.05) is 0 Å². The standard InChI is InChI=1S/C7H10.C6H8/c1-2-7-4-3-6(1)5-7;1-2-4-6-5-3-1/h1,7H,2-5H2;1-4H,5-6H2. The first-order chi connectivity index (χ1) is 6.45. The van der Waals surface area contributed by atoms with Crippen molar-refractivity contribution in [3.8, 4) is 0 Å². The average molecular weight is 174 g/mol. The maximum Gasteiger partial charge on any atom is -0.0289 e. The zero-order valence-electron chi connectivity index (χ0n) is 8.21. The van der Waals surface area contributed by atoms with Gasteiger partial charge < -0.3 is 0 Å². The largest absolute Gasteiger partial charge is 0.0850 e. The normalized spacial score (nSPS) is 28.3. The maximum absolute atomic E-state index is 2.42. The van der Waals surface area contributed by atoms with Gasteiger partial charge in [-0.1, -0.05) is 36.0 Å². The van der Waals surface area contributed by atoms with Gasteiger partial charge in [0.15, 0.2) is 0 Å². The van der Waals surface area contributed by atoms with Crippen LogP contribution in [0.2, 0.25) is 0 Å². The fourth-order valence-corrected chi connectivity index (χ4v) is 2.23. The zero-order valence-corrected chi connectivity index (χ0v) is 8.21. The first-order valence-electron chi connectivity index (χ1n) is 5.45. The van der Waals surface area contributed by atoms with Crippen molar-refractivity contribution in [1.29, 1.82) is 0 Å². The van der Waals surface area contributed by atoms with E-state index in [0.717, 1.165) is 5.92 Å². The van der Waals surface area contributed by atoms with Crippen molar-refractivity contribution in [2.45, 2.75) is 38.5 Å². The van der Waals surface area contributed by atoms with Crippen LogP contribution in [0, 0.1) is 5.92 Å². The lowest BCUT2D eigenvalue weighted by Gasteiger charge is -1.98. The zero-order chi connectivity index (χ0) is 8.93. The Morgan fingerprint density at radius 1 is 1.08 bits per heavy atom. The van der Waals surface area contributed by atoms with Crippen molar-refractivity contribution in [2.75, 3.05) is 0 Å². The van der Waals surface area contributed by atoms with Gasteiger partial charge in [-0.3, -0.25) is 0 Å². The molecule has 0 spiro atoms. The van der Waals surface area contributed by atoms with Crippen molar-refractivity contribution >= 4 is 0 Å². The van der Waals surface area contributed by atoms with Gasteiger partial charge in [-0.05, 0) is 44.4 Å². The molecule has 0 aromatic rings. The Kier molecular flexibility index (Phi) is 3.02. The smallest absolute Gasteiger partial charge is 0.0289 e. The van der Waals surface area contributed by atoms with Crippen molar-refractivity contribution in [1.82, 2.24) is 0 Å². The second-order valence-corrected chi connectivity index (χ2v) is 4.14. The summed E-state index contributed by atoms with van der Waals surface area (Å²) in [5, 5.41) is 0. The summed E-state index contributed by atoms with van der Waals surface area (Å²) in [6, 6.07) is 0. The van der Waals surface area contributed by atoms with Crippen molar-refractivity contribution in [3.05, 3.63) is 36.0 Å². The number of rotatable bonds is 0. The van der Waals surface area contributed by atoms with Gasteiger partial charge >= 0.3 is 0 Å². The Hall–Kier alpha value is -0.780. The van der Waals surface area contributed by atoms with Crippen molar-refractivity contribution in [2.24, 2.45) is 5.92 Å². The van der Waals surface area contributed by atoms with Gasteiger partial charge in [0.05, 0.1) is 0 Å². The lowest BCUT2D eigenvalue weighted by Crippen LogP contribution is -1.85. The van der Waals surface area contributed by atoms with Gasteiger partial charge in [-0.15, -0.1) is 0 Å². The molecule has 2 bridgehead atoms. The van der Waals surface area contributed by atoms with E-state index in [0.29, 0.717) is 0 Å². The highest BCUT2D eigenvalue weighted by Crippen LogP contribution is 2.38. The molecule has 13 heavy (non-hydrogen) atoms. The molecule has 3 rings (SSSR count). The molecule has 0 aromatic carbocycles. The molecule has 3 aliphatic rings. The summed E-state index contributed by atoms with van der Waals surface area (Å²) in [7, 11) is 0. The van der Waals surface area contributed by atoms with Crippen LogP contribution in [0.15, 0.2) is 36.0 Å². The summed E-state index contributed by atoms with van der Waals surface area (Å²) in [5.41, 5.74) is 1.74. The minimum absolute atomic E-state index is 1.08. The van der Waals surface area contributed by atoms with Crippen LogP contribution < -0.4 is 0 Å². The molecule has 0 heterocycles. The molecule has 1 atom stereocenters. The highest BCUT2D eigenvalue weighted by molar-refractivity contribution is 5.15. The SMILES string of the molecule is C1=C2CCC(C1)C2.C1=CCCC=C1. The minimum atomic E-state index is 1.08. The summed E-state index contributed by atoms with van der Waals surface area (Å²) < 4.78 is 0. The highest BCUT2D eigenvalue weighted by Gasteiger charge is 2.22. The van der Waals surface area contributed by atoms with E-state index in [9.17, 15) is 0 Å². The molecule has 0 heteroatoms. The van der Waals surface area contributed by atoms with Gasteiger partial charge in [-0.25, -0.2) is 0 Å². The number of hydrogen-bond donors (Lipinski definition) is 0. The summed E-state index contributed by atoms with van der Waals surface area (Å²) >= 11 is 0. The number of fused-ring (bicyclic) bond motifs is 2. The van der Waals surface area contributed by atoms with Crippen LogP contribution in [0.1, 0.15) is 38.5 Å². The molecule has 0 nitrogen and oxygen atoms in total. The minimum Gasteiger partial charge on any atom is -0.0850 e. The van der Waals surface area contributed by atoms with E-state index in [2.05, 4.69) is 30.4 Å². The quantitative estimate of drug-likeness (QED) is 0.487. The van der Waals surface area contributed by atoms with Gasteiger partial charge in [-0.2, -0.15) is 0 Å². The third-order valence-corrected chi connectivity index (χ3v) is 3.05. The lowest BCUT2D eigenvalue weighted by molar-refractivity contribution is 0.576. The summed E-state index contributed by atoms with van der Waals surface area (Å²) in [6.45, 7) is 0. The van der Waals surface area contributed by atoms with Crippen LogP contribution in [-0.2, 0) is 0 Å². The van der Waals surface area contributed by atoms with Gasteiger partial charge in [0.2, 0.25) is 0 Å². The first kappa shape index (κ1) is 8.80. The van der Waals surface area contributed by atoms with E-state index in [4.69, 9.17) is 0 Å². The summed E-state index contributed by atoms with van der Waals surface area (Å²) in [4.78, 5) is 0. The Bertz CT molecular complexity index is 231. The Balaban J connectivity index is 0.000000102. The monoisotopic (exact) mass is 174 g/mol. The molecule has 1 fully saturated rings. The van der Waals surface area contributed by atoms with Gasteiger partial charge in [0.25, 0.3) is 0 Å². The molecule has 1 saturated carbocycles. The summed E-state index contributed by atoms with van der Waals surface area (Å²) in [6.07, 6.45) is 19.2. The van der Waals surface area contributed by atoms with Crippen molar-refractivity contribution < 1.29 is 0 Å². The third-order valence-electron chi connectivity index (χ3n) is 3.05. The number of allylic oxidation sites excluding steroid dienone is 6. The second kappa shape index (κ2) is 4.45. The predicted molar refractivity (Wildman–Crippen MR) is 57.6 cm³/mol. The molecular weight excluding hydrogens is 156 g/mol. The third kappa shape index (κ3) is 2.58. The molecule has 0 aromatic heterocycles. The topological polar surface area (TPSA) is 0 Å². The van der Waals surface area contributed by atoms with Crippen LogP contribution >= 0.6 is 0 Å². The van der Waals surface area contributed by atoms with Crippen LogP contribution in [0.4, 0.5) is 0 Å². The molecule has 70 valence electrons. The Labute approximate surface area is 81.0 Å². The molecule has 0 N–H and O–H groups in total. The predicted octanol–water partition coefficient (Wildman–Crippen LogP) is 4.01. The van der Waals surface area contributed by atoms with Crippen LogP contribution in [-0.4, -0.2) is 0 Å². The molecular formula is C13H18. The van der Waals surface area contributed by atoms with Gasteiger partial charge in [0.1, 0.15) is 0 Å². The van der Waals surface area contributed by atoms with E-state index in [1.54, 1.807) is 5.57 Å². The average Bonchev–Trinajstić information content (AvgIpc) is 2.85. The van der Waals surface area contributed by atoms with E-state index in [1.165, 1.54) is 38.5 Å². The fraction of sp³-hybridized carbons (Fsp3) is 0.538. The maximum atomic E-state index is 2.42. The molecule has 1 unspecified atom stereocenters. The molecule has 0 radical (unpaired) electrons. The van der Waals surface area contributed by atoms with E-state index < -0.39 is 0 Å². The van der Waals surface area contributed by atoms with E-state index >= 15 is 0 Å². The molecule has 0 amide bonds. The molecule has 3 aliphatic carbocycles. The summed E-state index contributed by atoms with van der Waals surface area (Å²) in [5.74, 6) is 1.08. The molecule has 0 saturated heterocycles. The van der Waals surface area contributed by atoms with Crippen LogP contribution in [0.5, 0.6) is 0 Å². The van der Waals surface area contributed by atoms with Crippen LogP contribution in [0.3, 0.4) is 0 Å². The van der Waals surface area contributed by atoms with Crippen LogP contribution in [0.25, 0.3) is 0 Å². The fourth-order valence-electron chi connectivity index (χ4n) is 2.23. The van der Waals surface area contributed by atoms with Crippen molar-refractivity contribution in [3.63, 3.8) is 0 Å². The second-order valence-electron chi connectivity index (χ2n) is 4.14. The number of hydrogen-bond acceptors (Lipinski definition) is 0.